The second kappa shape index (κ2) is 6.51. The van der Waals surface area contributed by atoms with Crippen molar-refractivity contribution in [2.75, 3.05) is 7.11 Å². The molecule has 142 valence electrons. The number of rotatable bonds is 4. The quantitative estimate of drug-likeness (QED) is 0.466. The summed E-state index contributed by atoms with van der Waals surface area (Å²) in [6, 6.07) is 3.55. The highest BCUT2D eigenvalue weighted by molar-refractivity contribution is 6.36. The summed E-state index contributed by atoms with van der Waals surface area (Å²) in [5.41, 5.74) is 7.24. The second-order valence-electron chi connectivity index (χ2n) is 6.96. The van der Waals surface area contributed by atoms with Crippen LogP contribution in [0.1, 0.15) is 39.1 Å². The van der Waals surface area contributed by atoms with Crippen molar-refractivity contribution in [3.8, 4) is 5.75 Å². The summed E-state index contributed by atoms with van der Waals surface area (Å²) in [5.74, 6) is 0.535. The molecule has 0 aliphatic rings. The van der Waals surface area contributed by atoms with Crippen LogP contribution in [0.15, 0.2) is 17.8 Å². The molecule has 1 aromatic carbocycles. The highest BCUT2D eigenvalue weighted by Crippen LogP contribution is 2.37. The van der Waals surface area contributed by atoms with Crippen LogP contribution in [0.3, 0.4) is 0 Å². The zero-order valence-corrected chi connectivity index (χ0v) is 16.5. The van der Waals surface area contributed by atoms with Crippen molar-refractivity contribution in [3.63, 3.8) is 0 Å². The van der Waals surface area contributed by atoms with Gasteiger partial charge in [0.05, 0.1) is 12.5 Å². The van der Waals surface area contributed by atoms with Crippen LogP contribution < -0.4 is 10.5 Å². The van der Waals surface area contributed by atoms with Crippen LogP contribution in [0.5, 0.6) is 5.75 Å². The number of hydrogen-bond donors (Lipinski definition) is 3. The first-order valence-corrected chi connectivity index (χ1v) is 8.69. The first-order chi connectivity index (χ1) is 12.5. The molecule has 0 radical (unpaired) electrons. The van der Waals surface area contributed by atoms with Crippen molar-refractivity contribution in [2.45, 2.75) is 33.3 Å². The number of allylic oxidation sites excluding steroid dienone is 2. The van der Waals surface area contributed by atoms with E-state index in [1.54, 1.807) is 32.9 Å². The van der Waals surface area contributed by atoms with Crippen LogP contribution in [0.2, 0.25) is 5.15 Å². The van der Waals surface area contributed by atoms with Crippen LogP contribution in [-0.4, -0.2) is 33.0 Å². The van der Waals surface area contributed by atoms with Gasteiger partial charge in [-0.05, 0) is 39.8 Å². The number of aliphatic hydroxyl groups is 1. The van der Waals surface area contributed by atoms with Crippen LogP contribution >= 0.6 is 11.6 Å². The summed E-state index contributed by atoms with van der Waals surface area (Å²) >= 11 is 6.38. The van der Waals surface area contributed by atoms with E-state index in [0.29, 0.717) is 39.1 Å². The molecule has 2 heterocycles. The minimum Gasteiger partial charge on any atom is -0.496 e. The third-order valence-electron chi connectivity index (χ3n) is 4.29. The number of nitrogens with zero attached hydrogens (tertiary/aromatic N) is 2. The van der Waals surface area contributed by atoms with Gasteiger partial charge in [0, 0.05) is 27.7 Å². The van der Waals surface area contributed by atoms with E-state index in [-0.39, 0.29) is 16.8 Å². The number of aromatic amines is 1. The summed E-state index contributed by atoms with van der Waals surface area (Å²) in [7, 11) is 1.52. The molecule has 27 heavy (non-hydrogen) atoms. The fourth-order valence-electron chi connectivity index (χ4n) is 3.10. The molecule has 0 atom stereocenters. The topological polar surface area (TPSA) is 114 Å². The van der Waals surface area contributed by atoms with Crippen molar-refractivity contribution >= 4 is 44.9 Å². The van der Waals surface area contributed by atoms with Gasteiger partial charge in [-0.3, -0.25) is 4.79 Å². The standard InChI is InChI=1S/C19H21ClN4O3/c1-8(21)14(9(2)25)11-6-12-10(7-13(11)27-5)15-16(20)23-18(19(3,4)26)24-17(15)22-12/h6-7,26H,21H2,1-5H3,(H,22,23,24). The van der Waals surface area contributed by atoms with E-state index in [4.69, 9.17) is 22.1 Å². The Morgan fingerprint density at radius 2 is 1.96 bits per heavy atom. The minimum absolute atomic E-state index is 0.161. The number of nitrogens with two attached hydrogens (primary N) is 1. The molecule has 0 saturated heterocycles. The first kappa shape index (κ1) is 19.1. The Hall–Kier alpha value is -2.64. The summed E-state index contributed by atoms with van der Waals surface area (Å²) < 4.78 is 5.49. The van der Waals surface area contributed by atoms with Gasteiger partial charge in [0.15, 0.2) is 11.6 Å². The third kappa shape index (κ3) is 3.24. The molecule has 0 unspecified atom stereocenters. The lowest BCUT2D eigenvalue weighted by atomic mass is 9.98. The van der Waals surface area contributed by atoms with E-state index in [1.165, 1.54) is 14.0 Å². The largest absolute Gasteiger partial charge is 0.496 e. The number of ether oxygens (including phenoxy) is 1. The van der Waals surface area contributed by atoms with E-state index >= 15 is 0 Å². The molecule has 4 N–H and O–H groups in total. The Morgan fingerprint density at radius 1 is 1.30 bits per heavy atom. The number of nitrogens with one attached hydrogen (secondary N) is 1. The van der Waals surface area contributed by atoms with Gasteiger partial charge >= 0.3 is 0 Å². The van der Waals surface area contributed by atoms with Crippen molar-refractivity contribution in [2.24, 2.45) is 5.73 Å². The molecule has 0 aliphatic carbocycles. The number of carbonyl (C=O) groups is 1. The lowest BCUT2D eigenvalue weighted by Gasteiger charge is -2.15. The molecular formula is C19H21ClN4O3. The van der Waals surface area contributed by atoms with Gasteiger partial charge < -0.3 is 20.6 Å². The Morgan fingerprint density at radius 3 is 2.48 bits per heavy atom. The molecule has 0 spiro atoms. The molecule has 8 heteroatoms. The molecule has 0 fully saturated rings. The van der Waals surface area contributed by atoms with Crippen LogP contribution in [-0.2, 0) is 10.4 Å². The second-order valence-corrected chi connectivity index (χ2v) is 7.32. The van der Waals surface area contributed by atoms with Gasteiger partial charge in [0.2, 0.25) is 0 Å². The molecule has 0 aliphatic heterocycles. The summed E-state index contributed by atoms with van der Waals surface area (Å²) in [6.07, 6.45) is 0. The van der Waals surface area contributed by atoms with Gasteiger partial charge in [-0.25, -0.2) is 9.97 Å². The molecule has 3 aromatic rings. The smallest absolute Gasteiger partial charge is 0.163 e. The first-order valence-electron chi connectivity index (χ1n) is 8.32. The highest BCUT2D eigenvalue weighted by atomic mass is 35.5. The molecule has 0 saturated carbocycles. The molecule has 0 amide bonds. The maximum Gasteiger partial charge on any atom is 0.163 e. The lowest BCUT2D eigenvalue weighted by molar-refractivity contribution is -0.111. The highest BCUT2D eigenvalue weighted by Gasteiger charge is 2.24. The number of benzene rings is 1. The summed E-state index contributed by atoms with van der Waals surface area (Å²) in [6.45, 7) is 6.30. The van der Waals surface area contributed by atoms with Gasteiger partial charge in [0.1, 0.15) is 22.2 Å². The summed E-state index contributed by atoms with van der Waals surface area (Å²) in [5, 5.41) is 11.8. The maximum absolute atomic E-state index is 12.1. The summed E-state index contributed by atoms with van der Waals surface area (Å²) in [4.78, 5) is 23.9. The number of hydrogen-bond acceptors (Lipinski definition) is 6. The Kier molecular flexibility index (Phi) is 4.61. The van der Waals surface area contributed by atoms with Crippen molar-refractivity contribution in [3.05, 3.63) is 34.4 Å². The zero-order chi connectivity index (χ0) is 20.1. The van der Waals surface area contributed by atoms with E-state index < -0.39 is 5.60 Å². The van der Waals surface area contributed by atoms with E-state index in [1.807, 2.05) is 0 Å². The van der Waals surface area contributed by atoms with Gasteiger partial charge in [-0.15, -0.1) is 0 Å². The van der Waals surface area contributed by atoms with Gasteiger partial charge in [0.25, 0.3) is 0 Å². The van der Waals surface area contributed by atoms with Gasteiger partial charge in [-0.1, -0.05) is 11.6 Å². The zero-order valence-electron chi connectivity index (χ0n) is 15.8. The van der Waals surface area contributed by atoms with E-state index in [0.717, 1.165) is 5.39 Å². The fraction of sp³-hybridized carbons (Fsp3) is 0.316. The third-order valence-corrected chi connectivity index (χ3v) is 4.56. The van der Waals surface area contributed by atoms with Crippen LogP contribution in [0.4, 0.5) is 0 Å². The minimum atomic E-state index is -1.24. The van der Waals surface area contributed by atoms with Crippen LogP contribution in [0, 0.1) is 0 Å². The SMILES string of the molecule is COc1cc2c(cc1C(C(C)=O)=C(C)N)[nH]c1nc(C(C)(C)O)nc(Cl)c12. The predicted molar refractivity (Wildman–Crippen MR) is 106 cm³/mol. The molecule has 2 aromatic heterocycles. The lowest BCUT2D eigenvalue weighted by Crippen LogP contribution is -2.19. The molecule has 7 nitrogen and oxygen atoms in total. The number of ketones is 1. The Bertz CT molecular complexity index is 1110. The van der Waals surface area contributed by atoms with Crippen molar-refractivity contribution in [1.82, 2.24) is 15.0 Å². The normalized spacial score (nSPS) is 13.1. The fourth-order valence-corrected chi connectivity index (χ4v) is 3.37. The van der Waals surface area contributed by atoms with Crippen molar-refractivity contribution in [1.29, 1.82) is 0 Å². The number of aromatic nitrogens is 3. The molecule has 3 rings (SSSR count). The molecule has 0 bridgehead atoms. The average Bonchev–Trinajstić information content (AvgIpc) is 2.90. The predicted octanol–water partition coefficient (Wildman–Crippen LogP) is 3.28. The Balaban J connectivity index is 2.39. The monoisotopic (exact) mass is 388 g/mol. The Labute approximate surface area is 161 Å². The van der Waals surface area contributed by atoms with Gasteiger partial charge in [-0.2, -0.15) is 0 Å². The maximum atomic E-state index is 12.1. The van der Waals surface area contributed by atoms with Crippen LogP contribution in [0.25, 0.3) is 27.5 Å². The number of methoxy groups -OCH3 is 1. The number of Topliss-reactive ketones (excluding diaryl/α,β-unsaturated/α-hetero) is 1. The number of fused-ring (bicyclic) bond motifs is 3. The van der Waals surface area contributed by atoms with Crippen molar-refractivity contribution < 1.29 is 14.6 Å². The van der Waals surface area contributed by atoms with E-state index in [2.05, 4.69) is 15.0 Å². The average molecular weight is 389 g/mol. The number of carbonyl (C=O) groups excluding carboxylic acids is 1. The number of halogens is 1. The molecular weight excluding hydrogens is 368 g/mol. The number of H-pyrrole nitrogens is 1. The van der Waals surface area contributed by atoms with E-state index in [9.17, 15) is 9.90 Å².